The Balaban J connectivity index is 2.55. The lowest BCUT2D eigenvalue weighted by atomic mass is 9.80. The van der Waals surface area contributed by atoms with Gasteiger partial charge in [0.1, 0.15) is 12.4 Å². The normalized spacial score (nSPS) is 12.6. The molecule has 0 aromatic heterocycles. The Bertz CT molecular complexity index is 474. The molecule has 1 amide bonds. The van der Waals surface area contributed by atoms with Crippen molar-refractivity contribution < 1.29 is 9.53 Å². The maximum absolute atomic E-state index is 12.0. The van der Waals surface area contributed by atoms with Gasteiger partial charge in [0, 0.05) is 18.5 Å². The Morgan fingerprint density at radius 3 is 2.67 bits per heavy atom. The van der Waals surface area contributed by atoms with Gasteiger partial charge in [-0.3, -0.25) is 4.79 Å². The van der Waals surface area contributed by atoms with Crippen LogP contribution in [0.25, 0.3) is 0 Å². The Labute approximate surface area is 128 Å². The van der Waals surface area contributed by atoms with Gasteiger partial charge < -0.3 is 10.1 Å². The second kappa shape index (κ2) is 7.87. The quantitative estimate of drug-likeness (QED) is 0.772. The van der Waals surface area contributed by atoms with E-state index in [0.717, 1.165) is 11.3 Å². The average Bonchev–Trinajstić information content (AvgIpc) is 2.42. The standard InChI is InChI=1S/C18H27NO2/c1-6-11-21-16-10-8-7-9-15(16)13-19-17(20)12-14(2)18(3,4)5/h6-10,14H,1,11-13H2,2-5H3,(H,19,20). The summed E-state index contributed by atoms with van der Waals surface area (Å²) in [5, 5.41) is 2.97. The molecule has 0 aliphatic rings. The predicted molar refractivity (Wildman–Crippen MR) is 87.2 cm³/mol. The Kier molecular flexibility index (Phi) is 6.47. The first kappa shape index (κ1) is 17.3. The van der Waals surface area contributed by atoms with E-state index in [4.69, 9.17) is 4.74 Å². The highest BCUT2D eigenvalue weighted by Crippen LogP contribution is 2.27. The van der Waals surface area contributed by atoms with Crippen LogP contribution in [0.15, 0.2) is 36.9 Å². The molecule has 3 heteroatoms. The highest BCUT2D eigenvalue weighted by Gasteiger charge is 2.22. The third kappa shape index (κ3) is 6.03. The van der Waals surface area contributed by atoms with Crippen LogP contribution in [0.2, 0.25) is 0 Å². The first-order chi connectivity index (χ1) is 9.84. The zero-order chi connectivity index (χ0) is 15.9. The van der Waals surface area contributed by atoms with Gasteiger partial charge in [0.05, 0.1) is 0 Å². The molecule has 1 unspecified atom stereocenters. The molecule has 1 rings (SSSR count). The fraction of sp³-hybridized carbons (Fsp3) is 0.500. The fourth-order valence-corrected chi connectivity index (χ4v) is 1.79. The zero-order valence-corrected chi connectivity index (χ0v) is 13.6. The summed E-state index contributed by atoms with van der Waals surface area (Å²) in [5.74, 6) is 1.21. The molecule has 0 aliphatic carbocycles. The molecule has 21 heavy (non-hydrogen) atoms. The molecule has 1 aromatic rings. The zero-order valence-electron chi connectivity index (χ0n) is 13.6. The first-order valence-corrected chi connectivity index (χ1v) is 7.43. The summed E-state index contributed by atoms with van der Waals surface area (Å²) in [6, 6.07) is 7.74. The maximum Gasteiger partial charge on any atom is 0.220 e. The van der Waals surface area contributed by atoms with Crippen LogP contribution in [0.1, 0.15) is 39.7 Å². The summed E-state index contributed by atoms with van der Waals surface area (Å²) in [6.07, 6.45) is 2.25. The smallest absolute Gasteiger partial charge is 0.220 e. The van der Waals surface area contributed by atoms with Crippen molar-refractivity contribution in [2.24, 2.45) is 11.3 Å². The van der Waals surface area contributed by atoms with E-state index in [1.54, 1.807) is 6.08 Å². The third-order valence-electron chi connectivity index (χ3n) is 3.78. The van der Waals surface area contributed by atoms with Gasteiger partial charge in [0.25, 0.3) is 0 Å². The summed E-state index contributed by atoms with van der Waals surface area (Å²) in [4.78, 5) is 12.0. The third-order valence-corrected chi connectivity index (χ3v) is 3.78. The van der Waals surface area contributed by atoms with Gasteiger partial charge in [-0.2, -0.15) is 0 Å². The number of carbonyl (C=O) groups excluding carboxylic acids is 1. The minimum atomic E-state index is 0.0796. The van der Waals surface area contributed by atoms with E-state index in [-0.39, 0.29) is 11.3 Å². The van der Waals surface area contributed by atoms with Crippen LogP contribution in [0.3, 0.4) is 0 Å². The van der Waals surface area contributed by atoms with Crippen LogP contribution in [0, 0.1) is 11.3 Å². The Hall–Kier alpha value is -1.77. The highest BCUT2D eigenvalue weighted by molar-refractivity contribution is 5.76. The number of amides is 1. The van der Waals surface area contributed by atoms with E-state index in [1.165, 1.54) is 0 Å². The molecule has 0 heterocycles. The Morgan fingerprint density at radius 1 is 1.38 bits per heavy atom. The molecular formula is C18H27NO2. The molecule has 0 radical (unpaired) electrons. The van der Waals surface area contributed by atoms with Gasteiger partial charge in [0.15, 0.2) is 0 Å². The van der Waals surface area contributed by atoms with Crippen molar-refractivity contribution in [3.63, 3.8) is 0 Å². The molecule has 1 atom stereocenters. The molecule has 0 aliphatic heterocycles. The van der Waals surface area contributed by atoms with Crippen molar-refractivity contribution in [2.45, 2.75) is 40.7 Å². The van der Waals surface area contributed by atoms with Gasteiger partial charge in [0.2, 0.25) is 5.91 Å². The number of para-hydroxylation sites is 1. The van der Waals surface area contributed by atoms with Crippen LogP contribution >= 0.6 is 0 Å². The summed E-state index contributed by atoms with van der Waals surface area (Å²) in [7, 11) is 0. The lowest BCUT2D eigenvalue weighted by molar-refractivity contribution is -0.122. The monoisotopic (exact) mass is 289 g/mol. The van der Waals surface area contributed by atoms with Gasteiger partial charge >= 0.3 is 0 Å². The predicted octanol–water partition coefficient (Wildman–Crippen LogP) is 3.94. The number of nitrogens with one attached hydrogen (secondary N) is 1. The average molecular weight is 289 g/mol. The number of carbonyl (C=O) groups is 1. The van der Waals surface area contributed by atoms with Crippen molar-refractivity contribution in [3.05, 3.63) is 42.5 Å². The van der Waals surface area contributed by atoms with Crippen molar-refractivity contribution >= 4 is 5.91 Å². The summed E-state index contributed by atoms with van der Waals surface area (Å²) >= 11 is 0. The van der Waals surface area contributed by atoms with Gasteiger partial charge in [-0.1, -0.05) is 58.5 Å². The van der Waals surface area contributed by atoms with Gasteiger partial charge in [-0.05, 0) is 17.4 Å². The second-order valence-corrected chi connectivity index (χ2v) is 6.46. The number of hydrogen-bond donors (Lipinski definition) is 1. The molecule has 116 valence electrons. The summed E-state index contributed by atoms with van der Waals surface area (Å²) in [6.45, 7) is 13.2. The number of ether oxygens (including phenoxy) is 1. The molecule has 0 spiro atoms. The van der Waals surface area contributed by atoms with Crippen LogP contribution in [0.5, 0.6) is 5.75 Å². The van der Waals surface area contributed by atoms with Crippen molar-refractivity contribution in [1.82, 2.24) is 5.32 Å². The molecule has 3 nitrogen and oxygen atoms in total. The lowest BCUT2D eigenvalue weighted by Crippen LogP contribution is -2.28. The number of hydrogen-bond acceptors (Lipinski definition) is 2. The van der Waals surface area contributed by atoms with Crippen LogP contribution in [0.4, 0.5) is 0 Å². The topological polar surface area (TPSA) is 38.3 Å². The SMILES string of the molecule is C=CCOc1ccccc1CNC(=O)CC(C)C(C)(C)C. The number of rotatable bonds is 7. The van der Waals surface area contributed by atoms with E-state index in [0.29, 0.717) is 25.5 Å². The van der Waals surface area contributed by atoms with Crippen LogP contribution < -0.4 is 10.1 Å². The summed E-state index contributed by atoms with van der Waals surface area (Å²) in [5.41, 5.74) is 1.12. The van der Waals surface area contributed by atoms with E-state index >= 15 is 0 Å². The summed E-state index contributed by atoms with van der Waals surface area (Å²) < 4.78 is 5.58. The van der Waals surface area contributed by atoms with Crippen molar-refractivity contribution in [3.8, 4) is 5.75 Å². The van der Waals surface area contributed by atoms with E-state index < -0.39 is 0 Å². The molecule has 1 aromatic carbocycles. The maximum atomic E-state index is 12.0. The minimum Gasteiger partial charge on any atom is -0.489 e. The van der Waals surface area contributed by atoms with E-state index in [9.17, 15) is 4.79 Å². The second-order valence-electron chi connectivity index (χ2n) is 6.46. The van der Waals surface area contributed by atoms with Gasteiger partial charge in [-0.15, -0.1) is 0 Å². The molecule has 0 saturated carbocycles. The highest BCUT2D eigenvalue weighted by atomic mass is 16.5. The fourth-order valence-electron chi connectivity index (χ4n) is 1.79. The molecule has 0 fully saturated rings. The largest absolute Gasteiger partial charge is 0.489 e. The first-order valence-electron chi connectivity index (χ1n) is 7.43. The van der Waals surface area contributed by atoms with Crippen LogP contribution in [-0.2, 0) is 11.3 Å². The lowest BCUT2D eigenvalue weighted by Gasteiger charge is -2.26. The Morgan fingerprint density at radius 2 is 2.05 bits per heavy atom. The molecule has 0 bridgehead atoms. The van der Waals surface area contributed by atoms with Crippen molar-refractivity contribution in [2.75, 3.05) is 6.61 Å². The van der Waals surface area contributed by atoms with Crippen LogP contribution in [-0.4, -0.2) is 12.5 Å². The van der Waals surface area contributed by atoms with E-state index in [2.05, 4.69) is 39.6 Å². The minimum absolute atomic E-state index is 0.0796. The molecular weight excluding hydrogens is 262 g/mol. The van der Waals surface area contributed by atoms with Gasteiger partial charge in [-0.25, -0.2) is 0 Å². The molecule has 0 saturated heterocycles. The molecule has 1 N–H and O–H groups in total. The van der Waals surface area contributed by atoms with Crippen molar-refractivity contribution in [1.29, 1.82) is 0 Å². The van der Waals surface area contributed by atoms with E-state index in [1.807, 2.05) is 24.3 Å². The number of benzene rings is 1.